The summed E-state index contributed by atoms with van der Waals surface area (Å²) in [4.78, 5) is 0. The quantitative estimate of drug-likeness (QED) is 0.384. The summed E-state index contributed by atoms with van der Waals surface area (Å²) in [5.41, 5.74) is 0. The number of aromatic hydroxyl groups is 2. The summed E-state index contributed by atoms with van der Waals surface area (Å²) in [7, 11) is 0. The monoisotopic (exact) mass is 282 g/mol. The first-order valence-corrected chi connectivity index (χ1v) is 5.84. The van der Waals surface area contributed by atoms with Crippen molar-refractivity contribution in [3.05, 3.63) is 48.5 Å². The molecule has 0 heterocycles. The van der Waals surface area contributed by atoms with Gasteiger partial charge in [0, 0.05) is 22.2 Å². The molecule has 2 nitrogen and oxygen atoms in total. The molecule has 4 aromatic rings. The Labute approximate surface area is 160 Å². The Morgan fingerprint density at radius 1 is 0.600 bits per heavy atom. The number of phenols is 2. The van der Waals surface area contributed by atoms with Gasteiger partial charge in [0.25, 0.3) is 0 Å². The molecular formula is C16H12Na2O2. The van der Waals surface area contributed by atoms with Gasteiger partial charge < -0.3 is 10.2 Å². The van der Waals surface area contributed by atoms with Crippen LogP contribution in [0.5, 0.6) is 11.5 Å². The van der Waals surface area contributed by atoms with Crippen molar-refractivity contribution < 1.29 is 10.2 Å². The summed E-state index contributed by atoms with van der Waals surface area (Å²) in [6.45, 7) is 0. The summed E-state index contributed by atoms with van der Waals surface area (Å²) in [5.74, 6) is 0.247. The Morgan fingerprint density at radius 3 is 1.60 bits per heavy atom. The van der Waals surface area contributed by atoms with Gasteiger partial charge in [-0.2, -0.15) is 0 Å². The van der Waals surface area contributed by atoms with E-state index in [0.717, 1.165) is 32.3 Å². The van der Waals surface area contributed by atoms with E-state index in [9.17, 15) is 10.2 Å². The van der Waals surface area contributed by atoms with Gasteiger partial charge in [0.05, 0.1) is 0 Å². The van der Waals surface area contributed by atoms with Crippen molar-refractivity contribution in [1.82, 2.24) is 0 Å². The Balaban J connectivity index is 0.000000735. The second-order valence-electron chi connectivity index (χ2n) is 4.60. The zero-order valence-electron chi connectivity index (χ0n) is 9.51. The standard InChI is InChI=1S/C16H10O2.2Na.2H/c17-13-8-14(18)12-7-5-10-3-1-2-9-4-6-11(13)16(12)15(9)10;;;;/h1-8,17-18H;;;;. The van der Waals surface area contributed by atoms with Crippen molar-refractivity contribution in [2.45, 2.75) is 0 Å². The maximum absolute atomic E-state index is 9.97. The Hall–Kier alpha value is -0.480. The third kappa shape index (κ3) is 2.12. The van der Waals surface area contributed by atoms with Crippen molar-refractivity contribution in [3.63, 3.8) is 0 Å². The molecule has 0 aliphatic carbocycles. The predicted octanol–water partition coefficient (Wildman–Crippen LogP) is 2.70. The van der Waals surface area contributed by atoms with E-state index in [2.05, 4.69) is 0 Å². The molecule has 0 radical (unpaired) electrons. The van der Waals surface area contributed by atoms with E-state index in [4.69, 9.17) is 0 Å². The van der Waals surface area contributed by atoms with Gasteiger partial charge in [-0.15, -0.1) is 0 Å². The molecule has 90 valence electrons. The molecule has 0 aromatic heterocycles. The van der Waals surface area contributed by atoms with Crippen LogP contribution in [0, 0.1) is 0 Å². The van der Waals surface area contributed by atoms with Gasteiger partial charge in [-0.3, -0.25) is 0 Å². The van der Waals surface area contributed by atoms with Gasteiger partial charge in [0.2, 0.25) is 0 Å². The Kier molecular flexibility index (Phi) is 4.55. The third-order valence-electron chi connectivity index (χ3n) is 3.60. The van der Waals surface area contributed by atoms with Crippen molar-refractivity contribution in [2.75, 3.05) is 0 Å². The molecule has 0 saturated heterocycles. The fourth-order valence-corrected chi connectivity index (χ4v) is 2.79. The van der Waals surface area contributed by atoms with Gasteiger partial charge in [-0.05, 0) is 28.3 Å². The Bertz CT molecular complexity index is 836. The maximum atomic E-state index is 9.97. The topological polar surface area (TPSA) is 40.5 Å². The molecule has 0 atom stereocenters. The predicted molar refractivity (Wildman–Crippen MR) is 87.8 cm³/mol. The molecule has 0 saturated carbocycles. The summed E-state index contributed by atoms with van der Waals surface area (Å²) in [5, 5.41) is 25.8. The van der Waals surface area contributed by atoms with Crippen LogP contribution in [0.2, 0.25) is 0 Å². The van der Waals surface area contributed by atoms with Crippen LogP contribution in [-0.4, -0.2) is 69.3 Å². The van der Waals surface area contributed by atoms with Crippen molar-refractivity contribution in [3.8, 4) is 11.5 Å². The molecule has 0 bridgehead atoms. The number of phenolic OH excluding ortho intramolecular Hbond substituents is 2. The van der Waals surface area contributed by atoms with E-state index in [1.54, 1.807) is 0 Å². The molecule has 0 aliphatic rings. The van der Waals surface area contributed by atoms with E-state index < -0.39 is 0 Å². The zero-order chi connectivity index (χ0) is 12.3. The number of rotatable bonds is 0. The van der Waals surface area contributed by atoms with Gasteiger partial charge in [0.1, 0.15) is 11.5 Å². The van der Waals surface area contributed by atoms with Crippen molar-refractivity contribution in [1.29, 1.82) is 0 Å². The Morgan fingerprint density at radius 2 is 1.10 bits per heavy atom. The van der Waals surface area contributed by atoms with Crippen LogP contribution in [0.4, 0.5) is 0 Å². The molecule has 0 amide bonds. The summed E-state index contributed by atoms with van der Waals surface area (Å²) >= 11 is 0. The van der Waals surface area contributed by atoms with E-state index in [0.29, 0.717) is 0 Å². The van der Waals surface area contributed by atoms with E-state index in [1.807, 2.05) is 42.5 Å². The van der Waals surface area contributed by atoms with Crippen molar-refractivity contribution >= 4 is 91.4 Å². The molecule has 0 spiro atoms. The van der Waals surface area contributed by atoms with Crippen LogP contribution < -0.4 is 0 Å². The van der Waals surface area contributed by atoms with E-state index in [1.165, 1.54) is 6.07 Å². The normalized spacial score (nSPS) is 10.6. The average molecular weight is 282 g/mol. The fraction of sp³-hybridized carbons (Fsp3) is 0. The first-order chi connectivity index (χ1) is 8.75. The minimum absolute atomic E-state index is 0. The number of benzene rings is 4. The van der Waals surface area contributed by atoms with Gasteiger partial charge in [0.15, 0.2) is 0 Å². The van der Waals surface area contributed by atoms with Crippen molar-refractivity contribution in [2.24, 2.45) is 0 Å². The third-order valence-corrected chi connectivity index (χ3v) is 3.60. The molecule has 4 rings (SSSR count). The molecule has 0 fully saturated rings. The second-order valence-corrected chi connectivity index (χ2v) is 4.60. The number of hydrogen-bond donors (Lipinski definition) is 2. The van der Waals surface area contributed by atoms with Crippen LogP contribution in [0.25, 0.3) is 32.3 Å². The first kappa shape index (κ1) is 15.9. The summed E-state index contributed by atoms with van der Waals surface area (Å²) < 4.78 is 0. The summed E-state index contributed by atoms with van der Waals surface area (Å²) in [6.07, 6.45) is 0. The van der Waals surface area contributed by atoms with Crippen LogP contribution in [-0.2, 0) is 0 Å². The molecule has 4 heteroatoms. The molecule has 0 unspecified atom stereocenters. The van der Waals surface area contributed by atoms with Gasteiger partial charge >= 0.3 is 59.1 Å². The van der Waals surface area contributed by atoms with Gasteiger partial charge in [-0.25, -0.2) is 0 Å². The van der Waals surface area contributed by atoms with Crippen LogP contribution >= 0.6 is 0 Å². The summed E-state index contributed by atoms with van der Waals surface area (Å²) in [6, 6.07) is 15.3. The van der Waals surface area contributed by atoms with Gasteiger partial charge in [-0.1, -0.05) is 30.3 Å². The molecule has 0 aliphatic heterocycles. The van der Waals surface area contributed by atoms with E-state index >= 15 is 0 Å². The molecular weight excluding hydrogens is 270 g/mol. The molecule has 4 aromatic carbocycles. The average Bonchev–Trinajstić information content (AvgIpc) is 2.38. The SMILES string of the molecule is Oc1cc(O)c2ccc3cccc4ccc1c2c43.[NaH].[NaH]. The first-order valence-electron chi connectivity index (χ1n) is 5.84. The van der Waals surface area contributed by atoms with E-state index in [-0.39, 0.29) is 70.6 Å². The fourth-order valence-electron chi connectivity index (χ4n) is 2.79. The van der Waals surface area contributed by atoms with Crippen LogP contribution in [0.3, 0.4) is 0 Å². The van der Waals surface area contributed by atoms with Crippen LogP contribution in [0.1, 0.15) is 0 Å². The second kappa shape index (κ2) is 5.72. The molecule has 2 N–H and O–H groups in total. The van der Waals surface area contributed by atoms with Crippen LogP contribution in [0.15, 0.2) is 48.5 Å². The molecule has 20 heavy (non-hydrogen) atoms. The number of hydrogen-bond acceptors (Lipinski definition) is 2. The zero-order valence-corrected chi connectivity index (χ0v) is 9.51. The minimum atomic E-state index is 0.